The van der Waals surface area contributed by atoms with Gasteiger partial charge in [0.1, 0.15) is 12.4 Å². The van der Waals surface area contributed by atoms with Crippen LogP contribution in [0, 0.1) is 17.6 Å². The maximum Gasteiger partial charge on any atom is 0.317 e. The second-order valence-corrected chi connectivity index (χ2v) is 5.57. The SMILES string of the molecule is C[C@@H](COc1ccc(F)cc1F)NC(=O)N1CC[C@H](C(N)=O)C1. The maximum atomic E-state index is 13.4. The summed E-state index contributed by atoms with van der Waals surface area (Å²) < 4.78 is 31.4. The van der Waals surface area contributed by atoms with Crippen LogP contribution in [0.15, 0.2) is 18.2 Å². The third kappa shape index (κ3) is 4.54. The molecule has 1 aromatic rings. The molecule has 1 aliphatic heterocycles. The van der Waals surface area contributed by atoms with E-state index in [1.165, 1.54) is 11.0 Å². The van der Waals surface area contributed by atoms with Gasteiger partial charge in [0.25, 0.3) is 0 Å². The van der Waals surface area contributed by atoms with Gasteiger partial charge in [-0.25, -0.2) is 13.6 Å². The number of ether oxygens (including phenoxy) is 1. The number of carbonyl (C=O) groups is 2. The number of hydrogen-bond donors (Lipinski definition) is 2. The number of carbonyl (C=O) groups excluding carboxylic acids is 2. The molecule has 0 aliphatic carbocycles. The molecule has 3 N–H and O–H groups in total. The maximum absolute atomic E-state index is 13.4. The van der Waals surface area contributed by atoms with Gasteiger partial charge >= 0.3 is 6.03 Å². The van der Waals surface area contributed by atoms with Gasteiger partial charge in [-0.3, -0.25) is 4.79 Å². The Morgan fingerprint density at radius 2 is 2.22 bits per heavy atom. The fourth-order valence-electron chi connectivity index (χ4n) is 2.33. The molecule has 0 spiro atoms. The van der Waals surface area contributed by atoms with Gasteiger partial charge in [-0.05, 0) is 25.5 Å². The molecule has 1 heterocycles. The van der Waals surface area contributed by atoms with Crippen LogP contribution in [0.4, 0.5) is 13.6 Å². The Bertz CT molecular complexity index is 597. The quantitative estimate of drug-likeness (QED) is 0.853. The Labute approximate surface area is 132 Å². The van der Waals surface area contributed by atoms with Crippen molar-refractivity contribution in [1.82, 2.24) is 10.2 Å². The van der Waals surface area contributed by atoms with E-state index in [9.17, 15) is 18.4 Å². The molecule has 8 heteroatoms. The van der Waals surface area contributed by atoms with Gasteiger partial charge in [-0.15, -0.1) is 0 Å². The van der Waals surface area contributed by atoms with Gasteiger partial charge in [-0.1, -0.05) is 0 Å². The number of benzene rings is 1. The van der Waals surface area contributed by atoms with Crippen LogP contribution in [-0.4, -0.2) is 42.6 Å². The summed E-state index contributed by atoms with van der Waals surface area (Å²) in [5.41, 5.74) is 5.22. The summed E-state index contributed by atoms with van der Waals surface area (Å²) in [5, 5.41) is 2.70. The zero-order chi connectivity index (χ0) is 17.0. The van der Waals surface area contributed by atoms with Gasteiger partial charge in [0.2, 0.25) is 5.91 Å². The lowest BCUT2D eigenvalue weighted by Gasteiger charge is -2.21. The van der Waals surface area contributed by atoms with Crippen molar-refractivity contribution in [2.75, 3.05) is 19.7 Å². The van der Waals surface area contributed by atoms with Crippen molar-refractivity contribution in [3.63, 3.8) is 0 Å². The lowest BCUT2D eigenvalue weighted by Crippen LogP contribution is -2.45. The van der Waals surface area contributed by atoms with Gasteiger partial charge in [0.05, 0.1) is 12.0 Å². The molecule has 0 radical (unpaired) electrons. The van der Waals surface area contributed by atoms with E-state index in [0.29, 0.717) is 19.5 Å². The Balaban J connectivity index is 1.79. The molecule has 2 rings (SSSR count). The molecule has 3 amide bonds. The summed E-state index contributed by atoms with van der Waals surface area (Å²) >= 11 is 0. The molecule has 6 nitrogen and oxygen atoms in total. The van der Waals surface area contributed by atoms with Crippen molar-refractivity contribution < 1.29 is 23.1 Å². The normalized spacial score (nSPS) is 18.6. The van der Waals surface area contributed by atoms with E-state index in [0.717, 1.165) is 12.1 Å². The van der Waals surface area contributed by atoms with Crippen molar-refractivity contribution in [2.24, 2.45) is 11.7 Å². The first-order valence-electron chi connectivity index (χ1n) is 7.29. The average molecular weight is 327 g/mol. The first-order chi connectivity index (χ1) is 10.9. The van der Waals surface area contributed by atoms with E-state index in [-0.39, 0.29) is 30.3 Å². The van der Waals surface area contributed by atoms with Crippen LogP contribution in [-0.2, 0) is 4.79 Å². The lowest BCUT2D eigenvalue weighted by atomic mass is 10.1. The number of amides is 3. The molecule has 0 aromatic heterocycles. The molecule has 126 valence electrons. The summed E-state index contributed by atoms with van der Waals surface area (Å²) in [7, 11) is 0. The van der Waals surface area contributed by atoms with Crippen LogP contribution in [0.5, 0.6) is 5.75 Å². The Kier molecular flexibility index (Phi) is 5.36. The molecule has 0 saturated carbocycles. The van der Waals surface area contributed by atoms with Crippen molar-refractivity contribution in [3.8, 4) is 5.75 Å². The first kappa shape index (κ1) is 17.0. The Hall–Kier alpha value is -2.38. The molecule has 1 fully saturated rings. The second kappa shape index (κ2) is 7.26. The smallest absolute Gasteiger partial charge is 0.317 e. The minimum absolute atomic E-state index is 0.0291. The van der Waals surface area contributed by atoms with Crippen LogP contribution in [0.1, 0.15) is 13.3 Å². The average Bonchev–Trinajstić information content (AvgIpc) is 2.96. The molecular formula is C15H19F2N3O3. The number of nitrogens with two attached hydrogens (primary N) is 1. The number of likely N-dealkylation sites (tertiary alicyclic amines) is 1. The molecular weight excluding hydrogens is 308 g/mol. The predicted molar refractivity (Wildman–Crippen MR) is 78.7 cm³/mol. The number of hydrogen-bond acceptors (Lipinski definition) is 3. The van der Waals surface area contributed by atoms with Crippen LogP contribution in [0.3, 0.4) is 0 Å². The van der Waals surface area contributed by atoms with Crippen molar-refractivity contribution in [1.29, 1.82) is 0 Å². The summed E-state index contributed by atoms with van der Waals surface area (Å²) in [4.78, 5) is 24.6. The van der Waals surface area contributed by atoms with E-state index < -0.39 is 17.5 Å². The molecule has 0 unspecified atom stereocenters. The predicted octanol–water partition coefficient (Wildman–Crippen LogP) is 1.25. The van der Waals surface area contributed by atoms with Gasteiger partial charge in [0.15, 0.2) is 11.6 Å². The number of rotatable bonds is 5. The molecule has 0 bridgehead atoms. The van der Waals surface area contributed by atoms with Crippen LogP contribution < -0.4 is 15.8 Å². The number of nitrogens with one attached hydrogen (secondary N) is 1. The van der Waals surface area contributed by atoms with Crippen LogP contribution in [0.2, 0.25) is 0 Å². The van der Waals surface area contributed by atoms with E-state index >= 15 is 0 Å². The fourth-order valence-corrected chi connectivity index (χ4v) is 2.33. The third-order valence-electron chi connectivity index (χ3n) is 3.63. The van der Waals surface area contributed by atoms with Crippen molar-refractivity contribution in [2.45, 2.75) is 19.4 Å². The largest absolute Gasteiger partial charge is 0.488 e. The molecule has 1 aromatic carbocycles. The highest BCUT2D eigenvalue weighted by Crippen LogP contribution is 2.18. The van der Waals surface area contributed by atoms with Gasteiger partial charge < -0.3 is 20.7 Å². The number of nitrogens with zero attached hydrogens (tertiary/aromatic N) is 1. The highest BCUT2D eigenvalue weighted by molar-refractivity contribution is 5.80. The zero-order valence-corrected chi connectivity index (χ0v) is 12.7. The second-order valence-electron chi connectivity index (χ2n) is 5.57. The third-order valence-corrected chi connectivity index (χ3v) is 3.63. The van der Waals surface area contributed by atoms with E-state index in [1.807, 2.05) is 0 Å². The highest BCUT2D eigenvalue weighted by atomic mass is 19.1. The van der Waals surface area contributed by atoms with E-state index in [1.54, 1.807) is 6.92 Å². The summed E-state index contributed by atoms with van der Waals surface area (Å²) in [6, 6.07) is 2.30. The van der Waals surface area contributed by atoms with Gasteiger partial charge in [-0.2, -0.15) is 0 Å². The van der Waals surface area contributed by atoms with Crippen molar-refractivity contribution in [3.05, 3.63) is 29.8 Å². The molecule has 2 atom stereocenters. The van der Waals surface area contributed by atoms with E-state index in [2.05, 4.69) is 5.32 Å². The molecule has 1 aliphatic rings. The number of urea groups is 1. The van der Waals surface area contributed by atoms with Crippen LogP contribution in [0.25, 0.3) is 0 Å². The van der Waals surface area contributed by atoms with Crippen LogP contribution >= 0.6 is 0 Å². The summed E-state index contributed by atoms with van der Waals surface area (Å²) in [5.74, 6) is -2.30. The van der Waals surface area contributed by atoms with Crippen molar-refractivity contribution >= 4 is 11.9 Å². The summed E-state index contributed by atoms with van der Waals surface area (Å²) in [6.45, 7) is 2.48. The monoisotopic (exact) mass is 327 g/mol. The first-order valence-corrected chi connectivity index (χ1v) is 7.29. The zero-order valence-electron chi connectivity index (χ0n) is 12.7. The standard InChI is InChI=1S/C15H19F2N3O3/c1-9(8-23-13-3-2-11(16)6-12(13)17)19-15(22)20-5-4-10(7-20)14(18)21/h2-3,6,9-10H,4-5,7-8H2,1H3,(H2,18,21)(H,19,22)/t9-,10-/m0/s1. The number of halogens is 2. The lowest BCUT2D eigenvalue weighted by molar-refractivity contribution is -0.121. The Morgan fingerprint density at radius 3 is 2.83 bits per heavy atom. The highest BCUT2D eigenvalue weighted by Gasteiger charge is 2.30. The topological polar surface area (TPSA) is 84.7 Å². The van der Waals surface area contributed by atoms with Gasteiger partial charge in [0, 0.05) is 19.2 Å². The summed E-state index contributed by atoms with van der Waals surface area (Å²) in [6.07, 6.45) is 0.550. The Morgan fingerprint density at radius 1 is 1.48 bits per heavy atom. The number of primary amides is 1. The molecule has 23 heavy (non-hydrogen) atoms. The molecule has 1 saturated heterocycles. The fraction of sp³-hybridized carbons (Fsp3) is 0.467. The van der Waals surface area contributed by atoms with E-state index in [4.69, 9.17) is 10.5 Å². The minimum atomic E-state index is -0.799. The minimum Gasteiger partial charge on any atom is -0.488 e.